The highest BCUT2D eigenvalue weighted by atomic mass is 16.4. The number of rotatable bonds is 2. The number of aromatic carboxylic acids is 2. The lowest BCUT2D eigenvalue weighted by Gasteiger charge is -2.05. The van der Waals surface area contributed by atoms with Gasteiger partial charge in [-0.3, -0.25) is 9.59 Å². The van der Waals surface area contributed by atoms with E-state index in [0.29, 0.717) is 0 Å². The topological polar surface area (TPSA) is 140 Å². The second-order valence-electron chi connectivity index (χ2n) is 4.58. The summed E-state index contributed by atoms with van der Waals surface area (Å²) in [6.45, 7) is 0. The molecule has 110 valence electrons. The minimum Gasteiger partial charge on any atom is -0.477 e. The molecule has 3 aromatic rings. The normalized spacial score (nSPS) is 10.9. The molecule has 0 unspecified atom stereocenters. The first-order chi connectivity index (χ1) is 10.4. The highest BCUT2D eigenvalue weighted by Crippen LogP contribution is 2.18. The number of aromatic amines is 2. The molecule has 0 aliphatic heterocycles. The van der Waals surface area contributed by atoms with Gasteiger partial charge in [0, 0.05) is 23.2 Å². The summed E-state index contributed by atoms with van der Waals surface area (Å²) in [5.74, 6) is -2.73. The van der Waals surface area contributed by atoms with Gasteiger partial charge in [0.25, 0.3) is 0 Å². The van der Waals surface area contributed by atoms with E-state index in [-0.39, 0.29) is 21.8 Å². The Labute approximate surface area is 120 Å². The van der Waals surface area contributed by atoms with Crippen LogP contribution in [0.3, 0.4) is 0 Å². The Morgan fingerprint density at radius 1 is 0.773 bits per heavy atom. The monoisotopic (exact) mass is 300 g/mol. The van der Waals surface area contributed by atoms with Crippen molar-refractivity contribution >= 4 is 33.7 Å². The summed E-state index contributed by atoms with van der Waals surface area (Å²) >= 11 is 0. The third kappa shape index (κ3) is 1.78. The third-order valence-corrected chi connectivity index (χ3v) is 3.37. The second-order valence-corrected chi connectivity index (χ2v) is 4.58. The van der Waals surface area contributed by atoms with E-state index in [1.807, 2.05) is 0 Å². The zero-order chi connectivity index (χ0) is 16.0. The molecule has 2 aromatic heterocycles. The Morgan fingerprint density at radius 2 is 1.14 bits per heavy atom. The average Bonchev–Trinajstić information content (AvgIpc) is 2.47. The van der Waals surface area contributed by atoms with Crippen LogP contribution in [-0.4, -0.2) is 32.1 Å². The first-order valence-electron chi connectivity index (χ1n) is 6.08. The average molecular weight is 300 g/mol. The number of hydrogen-bond donors (Lipinski definition) is 4. The maximum Gasteiger partial charge on any atom is 0.341 e. The summed E-state index contributed by atoms with van der Waals surface area (Å²) in [5.41, 5.74) is -1.74. The summed E-state index contributed by atoms with van der Waals surface area (Å²) < 4.78 is 0. The Kier molecular flexibility index (Phi) is 2.81. The third-order valence-electron chi connectivity index (χ3n) is 3.37. The van der Waals surface area contributed by atoms with Crippen molar-refractivity contribution in [3.05, 3.63) is 56.1 Å². The number of nitrogens with one attached hydrogen (secondary N) is 2. The van der Waals surface area contributed by atoms with E-state index < -0.39 is 33.9 Å². The summed E-state index contributed by atoms with van der Waals surface area (Å²) in [7, 11) is 0. The molecule has 8 nitrogen and oxygen atoms in total. The molecule has 2 heterocycles. The Balaban J connectivity index is 2.48. The molecule has 3 rings (SSSR count). The fraction of sp³-hybridized carbons (Fsp3) is 0. The van der Waals surface area contributed by atoms with E-state index in [1.54, 1.807) is 0 Å². The van der Waals surface area contributed by atoms with Crippen molar-refractivity contribution in [2.24, 2.45) is 0 Å². The minimum atomic E-state index is -1.36. The number of benzene rings is 1. The van der Waals surface area contributed by atoms with Crippen LogP contribution >= 0.6 is 0 Å². The Bertz CT molecular complexity index is 990. The molecule has 0 fully saturated rings. The highest BCUT2D eigenvalue weighted by Gasteiger charge is 2.16. The maximum atomic E-state index is 12.1. The van der Waals surface area contributed by atoms with Gasteiger partial charge in [0.2, 0.25) is 10.9 Å². The molecular formula is C14H8N2O6. The molecule has 0 aliphatic carbocycles. The molecule has 4 N–H and O–H groups in total. The van der Waals surface area contributed by atoms with Crippen LogP contribution in [0.4, 0.5) is 0 Å². The molecule has 0 saturated heterocycles. The fourth-order valence-electron chi connectivity index (χ4n) is 2.31. The van der Waals surface area contributed by atoms with Crippen LogP contribution in [0.1, 0.15) is 20.7 Å². The van der Waals surface area contributed by atoms with Gasteiger partial charge in [0.05, 0.1) is 11.0 Å². The van der Waals surface area contributed by atoms with Gasteiger partial charge in [-0.25, -0.2) is 9.59 Å². The van der Waals surface area contributed by atoms with E-state index in [2.05, 4.69) is 9.97 Å². The molecule has 0 saturated carbocycles. The van der Waals surface area contributed by atoms with Crippen molar-refractivity contribution in [2.45, 2.75) is 0 Å². The molecule has 0 amide bonds. The first kappa shape index (κ1) is 13.6. The van der Waals surface area contributed by atoms with Gasteiger partial charge >= 0.3 is 11.9 Å². The summed E-state index contributed by atoms with van der Waals surface area (Å²) in [4.78, 5) is 51.4. The van der Waals surface area contributed by atoms with Crippen molar-refractivity contribution < 1.29 is 19.8 Å². The quantitative estimate of drug-likeness (QED) is 0.515. The van der Waals surface area contributed by atoms with Crippen LogP contribution in [0.25, 0.3) is 21.8 Å². The van der Waals surface area contributed by atoms with Crippen molar-refractivity contribution in [2.75, 3.05) is 0 Å². The van der Waals surface area contributed by atoms with Gasteiger partial charge in [0.15, 0.2) is 0 Å². The zero-order valence-corrected chi connectivity index (χ0v) is 10.8. The van der Waals surface area contributed by atoms with Gasteiger partial charge < -0.3 is 20.2 Å². The summed E-state index contributed by atoms with van der Waals surface area (Å²) in [6.07, 6.45) is 2.08. The van der Waals surface area contributed by atoms with Crippen LogP contribution in [0.2, 0.25) is 0 Å². The maximum absolute atomic E-state index is 12.1. The fourth-order valence-corrected chi connectivity index (χ4v) is 2.31. The zero-order valence-electron chi connectivity index (χ0n) is 10.8. The molecular weight excluding hydrogens is 292 g/mol. The summed E-state index contributed by atoms with van der Waals surface area (Å²) in [6, 6.07) is 2.59. The van der Waals surface area contributed by atoms with E-state index in [1.165, 1.54) is 12.1 Å². The minimum absolute atomic E-state index is 0.0890. The van der Waals surface area contributed by atoms with Crippen molar-refractivity contribution in [3.63, 3.8) is 0 Å². The highest BCUT2D eigenvalue weighted by molar-refractivity contribution is 6.05. The Hall–Kier alpha value is -3.42. The molecule has 0 spiro atoms. The molecule has 0 radical (unpaired) electrons. The number of carbonyl (C=O) groups is 2. The standard InChI is InChI=1S/C14H8N2O6/c17-11-5-1-2-6-10(9(5)15-3-7(11)13(19)20)16-4-8(12(6)18)14(21)22/h1-4H,(H,15,17)(H,16,18)(H,19,20)(H,21,22). The molecule has 0 bridgehead atoms. The van der Waals surface area contributed by atoms with Gasteiger partial charge in [-0.1, -0.05) is 0 Å². The van der Waals surface area contributed by atoms with E-state index in [9.17, 15) is 19.2 Å². The number of pyridine rings is 2. The molecule has 8 heteroatoms. The van der Waals surface area contributed by atoms with Crippen LogP contribution in [0.15, 0.2) is 34.1 Å². The predicted molar refractivity (Wildman–Crippen MR) is 76.6 cm³/mol. The predicted octanol–water partition coefficient (Wildman–Crippen LogP) is 0.766. The SMILES string of the molecule is O=C(O)c1c[nH]c2c(ccc3c(=O)c(C(=O)O)c[nH]c32)c1=O. The molecule has 0 atom stereocenters. The van der Waals surface area contributed by atoms with Crippen molar-refractivity contribution in [1.29, 1.82) is 0 Å². The van der Waals surface area contributed by atoms with Crippen LogP contribution in [-0.2, 0) is 0 Å². The van der Waals surface area contributed by atoms with Gasteiger partial charge in [-0.05, 0) is 12.1 Å². The summed E-state index contributed by atoms with van der Waals surface area (Å²) in [5, 5.41) is 18.1. The first-order valence-corrected chi connectivity index (χ1v) is 6.08. The second kappa shape index (κ2) is 4.55. The lowest BCUT2D eigenvalue weighted by Crippen LogP contribution is -2.18. The largest absolute Gasteiger partial charge is 0.477 e. The van der Waals surface area contributed by atoms with Gasteiger partial charge in [0.1, 0.15) is 11.1 Å². The number of carboxylic acids is 2. The van der Waals surface area contributed by atoms with E-state index in [4.69, 9.17) is 10.2 Å². The number of carboxylic acid groups (broad SMARTS) is 2. The smallest absolute Gasteiger partial charge is 0.341 e. The number of H-pyrrole nitrogens is 2. The van der Waals surface area contributed by atoms with Crippen molar-refractivity contribution in [3.8, 4) is 0 Å². The molecule has 0 aliphatic rings. The van der Waals surface area contributed by atoms with Gasteiger partial charge in [-0.2, -0.15) is 0 Å². The van der Waals surface area contributed by atoms with Crippen molar-refractivity contribution in [1.82, 2.24) is 9.97 Å². The number of fused-ring (bicyclic) bond motifs is 3. The van der Waals surface area contributed by atoms with E-state index >= 15 is 0 Å². The van der Waals surface area contributed by atoms with Crippen LogP contribution in [0, 0.1) is 0 Å². The Morgan fingerprint density at radius 3 is 1.45 bits per heavy atom. The lowest BCUT2D eigenvalue weighted by atomic mass is 10.1. The molecule has 22 heavy (non-hydrogen) atoms. The van der Waals surface area contributed by atoms with Crippen LogP contribution < -0.4 is 10.9 Å². The van der Waals surface area contributed by atoms with Gasteiger partial charge in [-0.15, -0.1) is 0 Å². The number of aromatic nitrogens is 2. The lowest BCUT2D eigenvalue weighted by molar-refractivity contribution is 0.0684. The van der Waals surface area contributed by atoms with Crippen LogP contribution in [0.5, 0.6) is 0 Å². The van der Waals surface area contributed by atoms with E-state index in [0.717, 1.165) is 12.4 Å². The number of hydrogen-bond acceptors (Lipinski definition) is 4. The molecule has 1 aromatic carbocycles.